The van der Waals surface area contributed by atoms with Crippen LogP contribution in [0.5, 0.6) is 5.75 Å². The van der Waals surface area contributed by atoms with E-state index in [2.05, 4.69) is 39.8 Å². The maximum atomic E-state index is 5.80. The topological polar surface area (TPSA) is 35.2 Å². The van der Waals surface area contributed by atoms with Gasteiger partial charge < -0.3 is 10.5 Å². The number of benzene rings is 1. The first-order chi connectivity index (χ1) is 7.89. The third-order valence-electron chi connectivity index (χ3n) is 3.15. The Morgan fingerprint density at radius 3 is 2.35 bits per heavy atom. The van der Waals surface area contributed by atoms with Crippen LogP contribution in [0.1, 0.15) is 37.5 Å². The Hall–Kier alpha value is -1.02. The molecule has 2 heteroatoms. The summed E-state index contributed by atoms with van der Waals surface area (Å²) < 4.78 is 5.60. The number of ether oxygens (including phenoxy) is 1. The van der Waals surface area contributed by atoms with Crippen LogP contribution in [0.3, 0.4) is 0 Å². The van der Waals surface area contributed by atoms with Crippen LogP contribution < -0.4 is 10.5 Å². The van der Waals surface area contributed by atoms with Crippen molar-refractivity contribution in [2.45, 2.75) is 41.0 Å². The third kappa shape index (κ3) is 3.74. The van der Waals surface area contributed by atoms with Crippen LogP contribution >= 0.6 is 0 Å². The zero-order chi connectivity index (χ0) is 13.1. The fourth-order valence-corrected chi connectivity index (χ4v) is 1.94. The van der Waals surface area contributed by atoms with Crippen LogP contribution in [-0.2, 0) is 6.42 Å². The van der Waals surface area contributed by atoms with Gasteiger partial charge in [-0.2, -0.15) is 0 Å². The smallest absolute Gasteiger partial charge is 0.122 e. The van der Waals surface area contributed by atoms with E-state index in [1.54, 1.807) is 0 Å². The fraction of sp³-hybridized carbons (Fsp3) is 0.600. The highest BCUT2D eigenvalue weighted by Crippen LogP contribution is 2.28. The fourth-order valence-electron chi connectivity index (χ4n) is 1.94. The molecule has 0 atom stereocenters. The van der Waals surface area contributed by atoms with Crippen molar-refractivity contribution in [3.63, 3.8) is 0 Å². The Bertz CT molecular complexity index is 383. The van der Waals surface area contributed by atoms with Crippen molar-refractivity contribution in [2.24, 2.45) is 11.1 Å². The Morgan fingerprint density at radius 1 is 1.18 bits per heavy atom. The molecule has 0 bridgehead atoms. The lowest BCUT2D eigenvalue weighted by atomic mass is 9.84. The number of nitrogens with two attached hydrogens (primary N) is 1. The van der Waals surface area contributed by atoms with E-state index in [1.807, 2.05) is 6.92 Å². The van der Waals surface area contributed by atoms with Gasteiger partial charge in [0.25, 0.3) is 0 Å². The van der Waals surface area contributed by atoms with E-state index in [0.717, 1.165) is 12.2 Å². The lowest BCUT2D eigenvalue weighted by Crippen LogP contribution is -2.26. The summed E-state index contributed by atoms with van der Waals surface area (Å²) in [7, 11) is 0. The second-order valence-corrected chi connectivity index (χ2v) is 5.52. The maximum Gasteiger partial charge on any atom is 0.122 e. The highest BCUT2D eigenvalue weighted by molar-refractivity contribution is 5.42. The van der Waals surface area contributed by atoms with Crippen molar-refractivity contribution in [1.29, 1.82) is 0 Å². The molecule has 0 amide bonds. The van der Waals surface area contributed by atoms with E-state index in [4.69, 9.17) is 10.5 Å². The predicted octanol–water partition coefficient (Wildman–Crippen LogP) is 3.23. The average molecular weight is 235 g/mol. The van der Waals surface area contributed by atoms with Crippen LogP contribution in [0.15, 0.2) is 12.1 Å². The van der Waals surface area contributed by atoms with Gasteiger partial charge in [-0.3, -0.25) is 0 Å². The standard InChI is InChI=1S/C15H25NO/c1-6-17-14-8-11(2)13(7-12(14)3)9-15(4,5)10-16/h7-8H,6,9-10,16H2,1-5H3. The van der Waals surface area contributed by atoms with Crippen molar-refractivity contribution in [1.82, 2.24) is 0 Å². The van der Waals surface area contributed by atoms with Crippen molar-refractivity contribution >= 4 is 0 Å². The van der Waals surface area contributed by atoms with E-state index in [-0.39, 0.29) is 5.41 Å². The lowest BCUT2D eigenvalue weighted by Gasteiger charge is -2.24. The molecule has 17 heavy (non-hydrogen) atoms. The van der Waals surface area contributed by atoms with E-state index in [0.29, 0.717) is 13.2 Å². The Labute approximate surface area is 105 Å². The van der Waals surface area contributed by atoms with E-state index < -0.39 is 0 Å². The number of hydrogen-bond donors (Lipinski definition) is 1. The molecule has 0 unspecified atom stereocenters. The Morgan fingerprint density at radius 2 is 1.82 bits per heavy atom. The van der Waals surface area contributed by atoms with Crippen LogP contribution in [-0.4, -0.2) is 13.2 Å². The van der Waals surface area contributed by atoms with E-state index in [1.165, 1.54) is 16.7 Å². The van der Waals surface area contributed by atoms with E-state index in [9.17, 15) is 0 Å². The molecule has 2 N–H and O–H groups in total. The summed E-state index contributed by atoms with van der Waals surface area (Å²) in [5, 5.41) is 0. The Balaban J connectivity index is 2.99. The number of rotatable bonds is 5. The molecule has 0 fully saturated rings. The molecule has 0 spiro atoms. The van der Waals surface area contributed by atoms with Gasteiger partial charge in [0.05, 0.1) is 6.61 Å². The normalized spacial score (nSPS) is 11.6. The van der Waals surface area contributed by atoms with Gasteiger partial charge in [-0.05, 0) is 61.9 Å². The van der Waals surface area contributed by atoms with Gasteiger partial charge in [-0.15, -0.1) is 0 Å². The summed E-state index contributed by atoms with van der Waals surface area (Å²) in [5.41, 5.74) is 9.83. The summed E-state index contributed by atoms with van der Waals surface area (Å²) >= 11 is 0. The summed E-state index contributed by atoms with van der Waals surface area (Å²) in [6.07, 6.45) is 1.02. The summed E-state index contributed by atoms with van der Waals surface area (Å²) in [6, 6.07) is 4.37. The van der Waals surface area contributed by atoms with E-state index >= 15 is 0 Å². The minimum Gasteiger partial charge on any atom is -0.494 e. The van der Waals surface area contributed by atoms with Crippen molar-refractivity contribution in [3.8, 4) is 5.75 Å². The van der Waals surface area contributed by atoms with Crippen LogP contribution in [0.4, 0.5) is 0 Å². The molecular formula is C15H25NO. The van der Waals surface area contributed by atoms with Gasteiger partial charge in [0.1, 0.15) is 5.75 Å². The van der Waals surface area contributed by atoms with Crippen molar-refractivity contribution in [3.05, 3.63) is 28.8 Å². The molecule has 1 rings (SSSR count). The van der Waals surface area contributed by atoms with Gasteiger partial charge in [0.15, 0.2) is 0 Å². The zero-order valence-electron chi connectivity index (χ0n) is 11.8. The summed E-state index contributed by atoms with van der Waals surface area (Å²) in [5.74, 6) is 0.999. The predicted molar refractivity (Wildman–Crippen MR) is 73.6 cm³/mol. The first-order valence-electron chi connectivity index (χ1n) is 6.32. The molecule has 1 aromatic rings. The molecule has 2 nitrogen and oxygen atoms in total. The second kappa shape index (κ2) is 5.54. The average Bonchev–Trinajstić information content (AvgIpc) is 2.25. The molecule has 0 aliphatic rings. The second-order valence-electron chi connectivity index (χ2n) is 5.52. The minimum absolute atomic E-state index is 0.157. The van der Waals surface area contributed by atoms with Crippen LogP contribution in [0.25, 0.3) is 0 Å². The molecule has 0 radical (unpaired) electrons. The van der Waals surface area contributed by atoms with Crippen molar-refractivity contribution in [2.75, 3.05) is 13.2 Å². The van der Waals surface area contributed by atoms with Gasteiger partial charge in [-0.1, -0.05) is 19.9 Å². The summed E-state index contributed by atoms with van der Waals surface area (Å²) in [4.78, 5) is 0. The molecule has 0 saturated heterocycles. The largest absolute Gasteiger partial charge is 0.494 e. The highest BCUT2D eigenvalue weighted by Gasteiger charge is 2.18. The van der Waals surface area contributed by atoms with Crippen LogP contribution in [0, 0.1) is 19.3 Å². The number of hydrogen-bond acceptors (Lipinski definition) is 2. The lowest BCUT2D eigenvalue weighted by molar-refractivity contribution is 0.336. The molecule has 0 aliphatic carbocycles. The Kier molecular flexibility index (Phi) is 4.58. The van der Waals surface area contributed by atoms with Crippen molar-refractivity contribution < 1.29 is 4.74 Å². The highest BCUT2D eigenvalue weighted by atomic mass is 16.5. The van der Waals surface area contributed by atoms with Crippen LogP contribution in [0.2, 0.25) is 0 Å². The molecule has 96 valence electrons. The zero-order valence-corrected chi connectivity index (χ0v) is 11.8. The van der Waals surface area contributed by atoms with Gasteiger partial charge in [0.2, 0.25) is 0 Å². The number of aryl methyl sites for hydroxylation is 2. The third-order valence-corrected chi connectivity index (χ3v) is 3.15. The SMILES string of the molecule is CCOc1cc(C)c(CC(C)(C)CN)cc1C. The summed E-state index contributed by atoms with van der Waals surface area (Å²) in [6.45, 7) is 12.1. The minimum atomic E-state index is 0.157. The molecule has 0 saturated carbocycles. The first kappa shape index (κ1) is 14.0. The molecule has 0 heterocycles. The monoisotopic (exact) mass is 235 g/mol. The molecular weight excluding hydrogens is 210 g/mol. The van der Waals surface area contributed by atoms with Gasteiger partial charge in [-0.25, -0.2) is 0 Å². The maximum absolute atomic E-state index is 5.80. The van der Waals surface area contributed by atoms with Gasteiger partial charge >= 0.3 is 0 Å². The quantitative estimate of drug-likeness (QED) is 0.850. The molecule has 1 aromatic carbocycles. The molecule has 0 aromatic heterocycles. The molecule has 0 aliphatic heterocycles. The first-order valence-corrected chi connectivity index (χ1v) is 6.32. The van der Waals surface area contributed by atoms with Gasteiger partial charge in [0, 0.05) is 0 Å².